The molecule has 0 aliphatic carbocycles. The van der Waals surface area contributed by atoms with Crippen LogP contribution >= 0.6 is 0 Å². The average Bonchev–Trinajstić information content (AvgIpc) is 2.47. The van der Waals surface area contributed by atoms with Crippen molar-refractivity contribution in [3.8, 4) is 5.75 Å². The van der Waals surface area contributed by atoms with E-state index in [4.69, 9.17) is 19.9 Å². The molecule has 0 spiro atoms. The number of rotatable bonds is 6. The number of esters is 1. The van der Waals surface area contributed by atoms with Crippen molar-refractivity contribution < 1.29 is 23.8 Å². The highest BCUT2D eigenvalue weighted by atomic mass is 16.6. The first kappa shape index (κ1) is 15.1. The minimum Gasteiger partial charge on any atom is -0.481 e. The Balaban J connectivity index is 2.03. The van der Waals surface area contributed by atoms with Crippen LogP contribution in [0.2, 0.25) is 0 Å². The maximum absolute atomic E-state index is 11.9. The van der Waals surface area contributed by atoms with Gasteiger partial charge in [-0.15, -0.1) is 0 Å². The lowest BCUT2D eigenvalue weighted by Crippen LogP contribution is -2.43. The second kappa shape index (κ2) is 6.94. The molecule has 1 aromatic carbocycles. The highest BCUT2D eigenvalue weighted by Crippen LogP contribution is 2.36. The van der Waals surface area contributed by atoms with Crippen LogP contribution in [0.4, 0.5) is 11.4 Å². The summed E-state index contributed by atoms with van der Waals surface area (Å²) in [4.78, 5) is 25.0. The third-order valence-electron chi connectivity index (χ3n) is 2.93. The van der Waals surface area contributed by atoms with Gasteiger partial charge in [-0.3, -0.25) is 14.5 Å². The Kier molecular flexibility index (Phi) is 4.99. The monoisotopic (exact) mass is 294 g/mol. The third-order valence-corrected chi connectivity index (χ3v) is 2.93. The van der Waals surface area contributed by atoms with Gasteiger partial charge >= 0.3 is 5.97 Å². The largest absolute Gasteiger partial charge is 0.481 e. The lowest BCUT2D eigenvalue weighted by molar-refractivity contribution is -0.144. The first-order valence-electron chi connectivity index (χ1n) is 6.68. The minimum absolute atomic E-state index is 0.122. The summed E-state index contributed by atoms with van der Waals surface area (Å²) in [7, 11) is 0. The number of nitrogen functional groups attached to an aromatic ring is 1. The number of amides is 1. The molecule has 0 atom stereocenters. The van der Waals surface area contributed by atoms with Crippen LogP contribution in [-0.2, 0) is 19.1 Å². The van der Waals surface area contributed by atoms with Crippen LogP contribution in [0, 0.1) is 0 Å². The molecule has 0 bridgehead atoms. The first-order valence-corrected chi connectivity index (χ1v) is 6.68. The van der Waals surface area contributed by atoms with E-state index in [1.54, 1.807) is 18.2 Å². The molecule has 0 radical (unpaired) electrons. The van der Waals surface area contributed by atoms with E-state index < -0.39 is 5.97 Å². The van der Waals surface area contributed by atoms with Crippen molar-refractivity contribution in [2.24, 2.45) is 0 Å². The van der Waals surface area contributed by atoms with Gasteiger partial charge in [0.15, 0.2) is 6.61 Å². The normalized spacial score (nSPS) is 13.6. The number of para-hydroxylation sites is 1. The molecule has 2 N–H and O–H groups in total. The van der Waals surface area contributed by atoms with Gasteiger partial charge < -0.3 is 19.9 Å². The molecule has 1 aromatic rings. The molecule has 1 aliphatic heterocycles. The molecule has 0 unspecified atom stereocenters. The Hall–Kier alpha value is -2.28. The van der Waals surface area contributed by atoms with Gasteiger partial charge in [-0.25, -0.2) is 0 Å². The van der Waals surface area contributed by atoms with E-state index in [1.807, 2.05) is 6.92 Å². The Morgan fingerprint density at radius 2 is 2.24 bits per heavy atom. The third kappa shape index (κ3) is 3.63. The van der Waals surface area contributed by atoms with Crippen LogP contribution in [0.15, 0.2) is 18.2 Å². The van der Waals surface area contributed by atoms with E-state index in [-0.39, 0.29) is 25.7 Å². The standard InChI is InChI=1S/C14H18N2O5/c1-2-19-6-7-20-13(18)8-16-12(17)9-21-11-5-3-4-10(15)14(11)16/h3-5H,2,6-9,15H2,1H3. The molecule has 0 fully saturated rings. The van der Waals surface area contributed by atoms with Crippen LogP contribution in [-0.4, -0.2) is 44.8 Å². The molecular formula is C14H18N2O5. The maximum atomic E-state index is 11.9. The smallest absolute Gasteiger partial charge is 0.326 e. The van der Waals surface area contributed by atoms with Gasteiger partial charge in [-0.05, 0) is 19.1 Å². The number of nitrogens with zero attached hydrogens (tertiary/aromatic N) is 1. The molecular weight excluding hydrogens is 276 g/mol. The summed E-state index contributed by atoms with van der Waals surface area (Å²) in [6.45, 7) is 2.58. The summed E-state index contributed by atoms with van der Waals surface area (Å²) in [5, 5.41) is 0. The lowest BCUT2D eigenvalue weighted by atomic mass is 10.2. The van der Waals surface area contributed by atoms with E-state index >= 15 is 0 Å². The second-order valence-corrected chi connectivity index (χ2v) is 4.38. The molecule has 0 aromatic heterocycles. The van der Waals surface area contributed by atoms with E-state index in [0.29, 0.717) is 30.3 Å². The fraction of sp³-hybridized carbons (Fsp3) is 0.429. The Labute approximate surface area is 122 Å². The highest BCUT2D eigenvalue weighted by molar-refractivity contribution is 6.04. The molecule has 0 saturated carbocycles. The average molecular weight is 294 g/mol. The van der Waals surface area contributed by atoms with E-state index in [0.717, 1.165) is 0 Å². The van der Waals surface area contributed by atoms with Crippen molar-refractivity contribution in [3.05, 3.63) is 18.2 Å². The van der Waals surface area contributed by atoms with Gasteiger partial charge in [0.05, 0.1) is 12.3 Å². The Morgan fingerprint density at radius 1 is 1.43 bits per heavy atom. The van der Waals surface area contributed by atoms with E-state index in [9.17, 15) is 9.59 Å². The molecule has 0 saturated heterocycles. The highest BCUT2D eigenvalue weighted by Gasteiger charge is 2.29. The van der Waals surface area contributed by atoms with E-state index in [1.165, 1.54) is 4.90 Å². The first-order chi connectivity index (χ1) is 10.1. The summed E-state index contributed by atoms with van der Waals surface area (Å²) in [5.74, 6) is -0.363. The quantitative estimate of drug-likeness (QED) is 0.468. The zero-order valence-corrected chi connectivity index (χ0v) is 11.8. The summed E-state index contributed by atoms with van der Waals surface area (Å²) < 4.78 is 15.4. The van der Waals surface area contributed by atoms with Crippen LogP contribution in [0.5, 0.6) is 5.75 Å². The maximum Gasteiger partial charge on any atom is 0.326 e. The van der Waals surface area contributed by atoms with Crippen LogP contribution in [0.25, 0.3) is 0 Å². The molecule has 7 nitrogen and oxygen atoms in total. The molecule has 1 aliphatic rings. The van der Waals surface area contributed by atoms with Crippen molar-refractivity contribution >= 4 is 23.3 Å². The number of carbonyl (C=O) groups is 2. The minimum atomic E-state index is -0.515. The predicted octanol–water partition coefficient (Wildman–Crippen LogP) is 0.574. The zero-order valence-electron chi connectivity index (χ0n) is 11.8. The van der Waals surface area contributed by atoms with Crippen molar-refractivity contribution in [1.82, 2.24) is 0 Å². The van der Waals surface area contributed by atoms with Crippen molar-refractivity contribution in [1.29, 1.82) is 0 Å². The molecule has 7 heteroatoms. The lowest BCUT2D eigenvalue weighted by Gasteiger charge is -2.29. The Morgan fingerprint density at radius 3 is 3.00 bits per heavy atom. The number of hydrogen-bond acceptors (Lipinski definition) is 6. The fourth-order valence-electron chi connectivity index (χ4n) is 1.99. The fourth-order valence-corrected chi connectivity index (χ4v) is 1.99. The number of anilines is 2. The second-order valence-electron chi connectivity index (χ2n) is 4.38. The summed E-state index contributed by atoms with van der Waals surface area (Å²) in [6, 6.07) is 5.07. The number of nitrogens with two attached hydrogens (primary N) is 1. The zero-order chi connectivity index (χ0) is 15.2. The van der Waals surface area contributed by atoms with Crippen LogP contribution in [0.3, 0.4) is 0 Å². The number of hydrogen-bond donors (Lipinski definition) is 1. The van der Waals surface area contributed by atoms with Gasteiger partial charge in [-0.2, -0.15) is 0 Å². The number of carbonyl (C=O) groups excluding carboxylic acids is 2. The Bertz CT molecular complexity index is 532. The topological polar surface area (TPSA) is 91.1 Å². The summed E-state index contributed by atoms with van der Waals surface area (Å²) in [5.41, 5.74) is 6.65. The van der Waals surface area contributed by atoms with Gasteiger partial charge in [0.1, 0.15) is 24.6 Å². The van der Waals surface area contributed by atoms with Crippen LogP contribution in [0.1, 0.15) is 6.92 Å². The van der Waals surface area contributed by atoms with Crippen molar-refractivity contribution in [2.45, 2.75) is 6.92 Å². The summed E-state index contributed by atoms with van der Waals surface area (Å²) >= 11 is 0. The molecule has 114 valence electrons. The molecule has 2 rings (SSSR count). The SMILES string of the molecule is CCOCCOC(=O)CN1C(=O)COc2cccc(N)c21. The number of benzene rings is 1. The van der Waals surface area contributed by atoms with Gasteiger partial charge in [0, 0.05) is 6.61 Å². The van der Waals surface area contributed by atoms with Crippen molar-refractivity contribution in [2.75, 3.05) is 43.6 Å². The number of ether oxygens (including phenoxy) is 3. The van der Waals surface area contributed by atoms with Crippen molar-refractivity contribution in [3.63, 3.8) is 0 Å². The number of fused-ring (bicyclic) bond motifs is 1. The van der Waals surface area contributed by atoms with E-state index in [2.05, 4.69) is 0 Å². The molecule has 1 amide bonds. The molecule has 1 heterocycles. The predicted molar refractivity (Wildman–Crippen MR) is 76.2 cm³/mol. The van der Waals surface area contributed by atoms with Gasteiger partial charge in [0.25, 0.3) is 5.91 Å². The van der Waals surface area contributed by atoms with Gasteiger partial charge in [0.2, 0.25) is 0 Å². The molecule has 21 heavy (non-hydrogen) atoms. The summed E-state index contributed by atoms with van der Waals surface area (Å²) in [6.07, 6.45) is 0. The van der Waals surface area contributed by atoms with Gasteiger partial charge in [-0.1, -0.05) is 6.07 Å². The van der Waals surface area contributed by atoms with Crippen LogP contribution < -0.4 is 15.4 Å².